The molecule has 0 nitrogen and oxygen atoms in total. The molecule has 1 aromatic rings. The van der Waals surface area contributed by atoms with Crippen LogP contribution >= 0.6 is 33.9 Å². The predicted octanol–water partition coefficient (Wildman–Crippen LogP) is 4.33. The van der Waals surface area contributed by atoms with E-state index >= 15 is 0 Å². The molecule has 0 unspecified atom stereocenters. The minimum Gasteiger partial charge on any atom is -0.137 e. The molecule has 0 spiro atoms. The normalized spacial score (nSPS) is 13.2. The average Bonchev–Trinajstić information content (AvgIpc) is 2.47. The quantitative estimate of drug-likeness (QED) is 0.725. The molecule has 0 aromatic carbocycles. The van der Waals surface area contributed by atoms with Gasteiger partial charge in [0.2, 0.25) is 0 Å². The molecule has 1 atom stereocenters. The van der Waals surface area contributed by atoms with Gasteiger partial charge in [-0.25, -0.2) is 0 Å². The van der Waals surface area contributed by atoms with Gasteiger partial charge in [-0.15, -0.1) is 11.3 Å². The number of thiophene rings is 1. The third-order valence-corrected chi connectivity index (χ3v) is 4.49. The second-order valence-electron chi connectivity index (χ2n) is 3.27. The Kier molecular flexibility index (Phi) is 4.57. The lowest BCUT2D eigenvalue weighted by molar-refractivity contribution is 0.516. The van der Waals surface area contributed by atoms with Gasteiger partial charge >= 0.3 is 0 Å². The van der Waals surface area contributed by atoms with Crippen molar-refractivity contribution in [3.8, 4) is 0 Å². The van der Waals surface area contributed by atoms with E-state index in [1.807, 2.05) is 11.3 Å². The van der Waals surface area contributed by atoms with Crippen molar-refractivity contribution >= 4 is 33.9 Å². The first kappa shape index (κ1) is 10.5. The highest BCUT2D eigenvalue weighted by atomic mass is 127. The zero-order valence-electron chi connectivity index (χ0n) is 7.64. The highest BCUT2D eigenvalue weighted by Gasteiger charge is 2.03. The summed E-state index contributed by atoms with van der Waals surface area (Å²) in [5.41, 5.74) is 1.54. The van der Waals surface area contributed by atoms with Crippen LogP contribution in [0.2, 0.25) is 0 Å². The fourth-order valence-corrected chi connectivity index (χ4v) is 2.67. The minimum absolute atomic E-state index is 0.876. The highest BCUT2D eigenvalue weighted by Crippen LogP contribution is 2.22. The standard InChI is InChI=1S/C10H15IS/c1-3-8(2)4-5-9-6-7-12-10(9)11/h6-8H,3-5H2,1-2H3/t8-/m0/s1. The topological polar surface area (TPSA) is 0 Å². The first-order valence-electron chi connectivity index (χ1n) is 4.46. The molecule has 68 valence electrons. The summed E-state index contributed by atoms with van der Waals surface area (Å²) >= 11 is 4.28. The minimum atomic E-state index is 0.876. The Morgan fingerprint density at radius 1 is 1.58 bits per heavy atom. The van der Waals surface area contributed by atoms with Crippen molar-refractivity contribution in [3.63, 3.8) is 0 Å². The van der Waals surface area contributed by atoms with E-state index in [-0.39, 0.29) is 0 Å². The Morgan fingerprint density at radius 3 is 2.83 bits per heavy atom. The van der Waals surface area contributed by atoms with Gasteiger partial charge in [0.1, 0.15) is 0 Å². The van der Waals surface area contributed by atoms with Crippen LogP contribution in [-0.4, -0.2) is 0 Å². The summed E-state index contributed by atoms with van der Waals surface area (Å²) in [6, 6.07) is 2.26. The largest absolute Gasteiger partial charge is 0.137 e. The molecule has 0 aliphatic rings. The molecule has 1 aromatic heterocycles. The molecule has 2 heteroatoms. The van der Waals surface area contributed by atoms with E-state index in [1.54, 1.807) is 5.56 Å². The Balaban J connectivity index is 2.38. The first-order chi connectivity index (χ1) is 5.74. The predicted molar refractivity (Wildman–Crippen MR) is 64.8 cm³/mol. The zero-order valence-corrected chi connectivity index (χ0v) is 10.6. The lowest BCUT2D eigenvalue weighted by atomic mass is 10.0. The maximum absolute atomic E-state index is 2.43. The highest BCUT2D eigenvalue weighted by molar-refractivity contribution is 14.1. The van der Waals surface area contributed by atoms with Gasteiger partial charge in [-0.05, 0) is 58.4 Å². The Morgan fingerprint density at radius 2 is 2.33 bits per heavy atom. The molecular formula is C10H15IS. The van der Waals surface area contributed by atoms with Crippen molar-refractivity contribution in [2.75, 3.05) is 0 Å². The van der Waals surface area contributed by atoms with Crippen molar-refractivity contribution in [3.05, 3.63) is 19.9 Å². The van der Waals surface area contributed by atoms with Crippen LogP contribution < -0.4 is 0 Å². The summed E-state index contributed by atoms with van der Waals surface area (Å²) in [5, 5.41) is 2.19. The van der Waals surface area contributed by atoms with Gasteiger partial charge in [0, 0.05) is 0 Å². The van der Waals surface area contributed by atoms with Crippen molar-refractivity contribution in [1.29, 1.82) is 0 Å². The Hall–Kier alpha value is 0.430. The monoisotopic (exact) mass is 294 g/mol. The number of hydrogen-bond acceptors (Lipinski definition) is 1. The van der Waals surface area contributed by atoms with Crippen LogP contribution in [0.1, 0.15) is 32.3 Å². The molecule has 0 aliphatic heterocycles. The van der Waals surface area contributed by atoms with Gasteiger partial charge in [0.25, 0.3) is 0 Å². The van der Waals surface area contributed by atoms with E-state index in [0.717, 1.165) is 5.92 Å². The SMILES string of the molecule is CC[C@H](C)CCc1ccsc1I. The third kappa shape index (κ3) is 3.05. The van der Waals surface area contributed by atoms with Crippen molar-refractivity contribution < 1.29 is 0 Å². The fourth-order valence-electron chi connectivity index (χ4n) is 1.10. The van der Waals surface area contributed by atoms with E-state index < -0.39 is 0 Å². The number of halogens is 1. The fraction of sp³-hybridized carbons (Fsp3) is 0.600. The molecule has 0 N–H and O–H groups in total. The molecular weight excluding hydrogens is 279 g/mol. The van der Waals surface area contributed by atoms with Crippen molar-refractivity contribution in [1.82, 2.24) is 0 Å². The smallest absolute Gasteiger partial charge is 0.0685 e. The van der Waals surface area contributed by atoms with Gasteiger partial charge in [-0.3, -0.25) is 0 Å². The molecule has 1 rings (SSSR count). The summed E-state index contributed by atoms with van der Waals surface area (Å²) in [5.74, 6) is 0.876. The molecule has 0 saturated heterocycles. The van der Waals surface area contributed by atoms with Gasteiger partial charge in [0.05, 0.1) is 2.88 Å². The van der Waals surface area contributed by atoms with Gasteiger partial charge in [-0.1, -0.05) is 20.3 Å². The number of rotatable bonds is 4. The maximum atomic E-state index is 2.43. The van der Waals surface area contributed by atoms with Crippen LogP contribution in [-0.2, 0) is 6.42 Å². The summed E-state index contributed by atoms with van der Waals surface area (Å²) < 4.78 is 1.47. The summed E-state index contributed by atoms with van der Waals surface area (Å²) in [6.45, 7) is 4.60. The average molecular weight is 294 g/mol. The van der Waals surface area contributed by atoms with Gasteiger partial charge in [-0.2, -0.15) is 0 Å². The van der Waals surface area contributed by atoms with Crippen LogP contribution in [0.3, 0.4) is 0 Å². The molecule has 1 heterocycles. The summed E-state index contributed by atoms with van der Waals surface area (Å²) in [4.78, 5) is 0. The Labute approximate surface area is 92.5 Å². The van der Waals surface area contributed by atoms with E-state index in [1.165, 1.54) is 22.1 Å². The lowest BCUT2D eigenvalue weighted by Gasteiger charge is -2.06. The number of aryl methyl sites for hydroxylation is 1. The molecule has 0 amide bonds. The Bertz CT molecular complexity index is 229. The van der Waals surface area contributed by atoms with Crippen LogP contribution in [0.4, 0.5) is 0 Å². The summed E-state index contributed by atoms with van der Waals surface area (Å²) in [7, 11) is 0. The van der Waals surface area contributed by atoms with Gasteiger partial charge < -0.3 is 0 Å². The van der Waals surface area contributed by atoms with Crippen LogP contribution in [0, 0.1) is 8.80 Å². The molecule has 0 bridgehead atoms. The lowest BCUT2D eigenvalue weighted by Crippen LogP contribution is -1.95. The van der Waals surface area contributed by atoms with E-state index in [0.29, 0.717) is 0 Å². The van der Waals surface area contributed by atoms with E-state index in [9.17, 15) is 0 Å². The van der Waals surface area contributed by atoms with Gasteiger partial charge in [0.15, 0.2) is 0 Å². The second kappa shape index (κ2) is 5.22. The van der Waals surface area contributed by atoms with Crippen LogP contribution in [0.15, 0.2) is 11.4 Å². The second-order valence-corrected chi connectivity index (χ2v) is 6.00. The third-order valence-electron chi connectivity index (χ3n) is 2.30. The van der Waals surface area contributed by atoms with E-state index in [4.69, 9.17) is 0 Å². The molecule has 0 aliphatic carbocycles. The molecule has 0 radical (unpaired) electrons. The maximum Gasteiger partial charge on any atom is 0.0685 e. The van der Waals surface area contributed by atoms with Crippen molar-refractivity contribution in [2.45, 2.75) is 33.1 Å². The zero-order chi connectivity index (χ0) is 8.97. The molecule has 0 saturated carbocycles. The number of hydrogen-bond donors (Lipinski definition) is 0. The summed E-state index contributed by atoms with van der Waals surface area (Å²) in [6.07, 6.45) is 3.90. The van der Waals surface area contributed by atoms with Crippen LogP contribution in [0.5, 0.6) is 0 Å². The van der Waals surface area contributed by atoms with Crippen LogP contribution in [0.25, 0.3) is 0 Å². The van der Waals surface area contributed by atoms with Crippen molar-refractivity contribution in [2.24, 2.45) is 5.92 Å². The molecule has 12 heavy (non-hydrogen) atoms. The first-order valence-corrected chi connectivity index (χ1v) is 6.41. The van der Waals surface area contributed by atoms with E-state index in [2.05, 4.69) is 47.9 Å². The molecule has 0 fully saturated rings.